The number of benzene rings is 1. The van der Waals surface area contributed by atoms with Gasteiger partial charge in [-0.1, -0.05) is 35.5 Å². The van der Waals surface area contributed by atoms with Crippen molar-refractivity contribution in [3.8, 4) is 0 Å². The van der Waals surface area contributed by atoms with Crippen molar-refractivity contribution in [1.29, 1.82) is 0 Å². The van der Waals surface area contributed by atoms with Crippen LogP contribution in [0.2, 0.25) is 0 Å². The summed E-state index contributed by atoms with van der Waals surface area (Å²) in [6, 6.07) is 11.7. The maximum absolute atomic E-state index is 12.9. The van der Waals surface area contributed by atoms with Crippen molar-refractivity contribution >= 4 is 11.8 Å². The number of likely N-dealkylation sites (tertiary alicyclic amines) is 1. The molecule has 2 amide bonds. The number of aromatic nitrogens is 5. The summed E-state index contributed by atoms with van der Waals surface area (Å²) < 4.78 is 3.40. The van der Waals surface area contributed by atoms with Crippen molar-refractivity contribution in [2.75, 3.05) is 6.54 Å². The summed E-state index contributed by atoms with van der Waals surface area (Å²) in [6.07, 6.45) is 3.49. The van der Waals surface area contributed by atoms with E-state index < -0.39 is 0 Å². The molecule has 2 aromatic heterocycles. The van der Waals surface area contributed by atoms with Crippen LogP contribution in [0.4, 0.5) is 0 Å². The molecule has 0 unspecified atom stereocenters. The zero-order valence-electron chi connectivity index (χ0n) is 17.9. The molecule has 1 fully saturated rings. The van der Waals surface area contributed by atoms with Crippen molar-refractivity contribution in [3.63, 3.8) is 0 Å². The Hall–Kier alpha value is -3.49. The second-order valence-electron chi connectivity index (χ2n) is 7.96. The van der Waals surface area contributed by atoms with Gasteiger partial charge in [-0.3, -0.25) is 14.3 Å². The fourth-order valence-corrected chi connectivity index (χ4v) is 3.98. The number of hydrogen-bond donors (Lipinski definition) is 1. The molecule has 1 saturated heterocycles. The highest BCUT2D eigenvalue weighted by Crippen LogP contribution is 2.19. The average molecular weight is 422 g/mol. The normalized spacial score (nSPS) is 15.9. The first kappa shape index (κ1) is 20.8. The number of hydrogen-bond acceptors (Lipinski definition) is 5. The van der Waals surface area contributed by atoms with Gasteiger partial charge in [0.15, 0.2) is 5.69 Å². The molecule has 1 atom stereocenters. The van der Waals surface area contributed by atoms with Gasteiger partial charge in [-0.2, -0.15) is 5.10 Å². The second-order valence-corrected chi connectivity index (χ2v) is 7.96. The van der Waals surface area contributed by atoms with Crippen LogP contribution in [-0.2, 0) is 24.4 Å². The predicted molar refractivity (Wildman–Crippen MR) is 114 cm³/mol. The van der Waals surface area contributed by atoms with E-state index in [0.717, 1.165) is 36.3 Å². The van der Waals surface area contributed by atoms with E-state index >= 15 is 0 Å². The van der Waals surface area contributed by atoms with Crippen LogP contribution in [0.3, 0.4) is 0 Å². The van der Waals surface area contributed by atoms with E-state index in [0.29, 0.717) is 13.1 Å². The first-order chi connectivity index (χ1) is 15.0. The van der Waals surface area contributed by atoms with Crippen LogP contribution >= 0.6 is 0 Å². The van der Waals surface area contributed by atoms with E-state index in [9.17, 15) is 9.59 Å². The summed E-state index contributed by atoms with van der Waals surface area (Å²) in [4.78, 5) is 27.1. The van der Waals surface area contributed by atoms with Crippen molar-refractivity contribution in [2.24, 2.45) is 0 Å². The molecular formula is C22H27N7O2. The van der Waals surface area contributed by atoms with E-state index in [1.807, 2.05) is 55.1 Å². The first-order valence-electron chi connectivity index (χ1n) is 10.5. The molecule has 1 aromatic carbocycles. The maximum Gasteiger partial charge on any atom is 0.273 e. The molecule has 1 aliphatic rings. The Bertz CT molecular complexity index is 1060. The Morgan fingerprint density at radius 2 is 2.00 bits per heavy atom. The van der Waals surface area contributed by atoms with E-state index in [1.165, 1.54) is 0 Å². The molecule has 31 heavy (non-hydrogen) atoms. The monoisotopic (exact) mass is 421 g/mol. The van der Waals surface area contributed by atoms with Crippen molar-refractivity contribution in [3.05, 3.63) is 65.2 Å². The summed E-state index contributed by atoms with van der Waals surface area (Å²) in [7, 11) is 0. The smallest absolute Gasteiger partial charge is 0.273 e. The lowest BCUT2D eigenvalue weighted by molar-refractivity contribution is -0.133. The molecule has 162 valence electrons. The maximum atomic E-state index is 12.9. The molecule has 9 heteroatoms. The topological polar surface area (TPSA) is 97.9 Å². The molecule has 0 bridgehead atoms. The highest BCUT2D eigenvalue weighted by atomic mass is 16.2. The molecule has 9 nitrogen and oxygen atoms in total. The molecule has 0 spiro atoms. The Balaban J connectivity index is 1.34. The van der Waals surface area contributed by atoms with Crippen molar-refractivity contribution in [1.82, 2.24) is 35.0 Å². The van der Waals surface area contributed by atoms with Gasteiger partial charge in [-0.05, 0) is 38.3 Å². The van der Waals surface area contributed by atoms with Crippen molar-refractivity contribution < 1.29 is 9.59 Å². The molecule has 3 aromatic rings. The summed E-state index contributed by atoms with van der Waals surface area (Å²) in [6.45, 7) is 5.79. The van der Waals surface area contributed by atoms with Gasteiger partial charge in [0.25, 0.3) is 5.91 Å². The van der Waals surface area contributed by atoms with Gasteiger partial charge in [0.2, 0.25) is 5.91 Å². The molecule has 1 aliphatic heterocycles. The van der Waals surface area contributed by atoms with Crippen LogP contribution in [0.25, 0.3) is 0 Å². The average Bonchev–Trinajstić information content (AvgIpc) is 3.48. The highest BCUT2D eigenvalue weighted by molar-refractivity contribution is 5.91. The fourth-order valence-electron chi connectivity index (χ4n) is 3.98. The highest BCUT2D eigenvalue weighted by Gasteiger charge is 2.30. The lowest BCUT2D eigenvalue weighted by atomic mass is 10.2. The van der Waals surface area contributed by atoms with Gasteiger partial charge >= 0.3 is 0 Å². The van der Waals surface area contributed by atoms with Crippen LogP contribution in [0.15, 0.2) is 42.6 Å². The van der Waals surface area contributed by atoms with Crippen LogP contribution < -0.4 is 5.32 Å². The molecular weight excluding hydrogens is 394 g/mol. The second kappa shape index (κ2) is 9.11. The number of rotatable bonds is 7. The largest absolute Gasteiger partial charge is 0.347 e. The Morgan fingerprint density at radius 3 is 2.74 bits per heavy atom. The summed E-state index contributed by atoms with van der Waals surface area (Å²) in [5.74, 6) is -0.214. The summed E-state index contributed by atoms with van der Waals surface area (Å²) in [5.41, 5.74) is 3.17. The van der Waals surface area contributed by atoms with Gasteiger partial charge in [0, 0.05) is 18.8 Å². The van der Waals surface area contributed by atoms with Crippen molar-refractivity contribution in [2.45, 2.75) is 52.4 Å². The summed E-state index contributed by atoms with van der Waals surface area (Å²) in [5, 5.41) is 15.4. The molecule has 4 rings (SSSR count). The van der Waals surface area contributed by atoms with Crippen LogP contribution in [-0.4, -0.2) is 54.1 Å². The lowest BCUT2D eigenvalue weighted by Crippen LogP contribution is -2.40. The van der Waals surface area contributed by atoms with Gasteiger partial charge in [0.05, 0.1) is 24.5 Å². The Labute approximate surface area is 181 Å². The SMILES string of the molecule is Cc1cc(C)n(CC(=O)N2CCC[C@H]2Cn2cc(C(=O)NCc3ccccc3)nn2)n1. The molecule has 3 heterocycles. The minimum Gasteiger partial charge on any atom is -0.347 e. The van der Waals surface area contributed by atoms with Gasteiger partial charge in [-0.15, -0.1) is 5.10 Å². The predicted octanol–water partition coefficient (Wildman–Crippen LogP) is 1.71. The van der Waals surface area contributed by atoms with Crippen LogP contribution in [0.5, 0.6) is 0 Å². The first-order valence-corrected chi connectivity index (χ1v) is 10.5. The Kier molecular flexibility index (Phi) is 6.11. The minimum atomic E-state index is -0.265. The zero-order valence-corrected chi connectivity index (χ0v) is 17.9. The van der Waals surface area contributed by atoms with Gasteiger partial charge in [-0.25, -0.2) is 4.68 Å². The van der Waals surface area contributed by atoms with Gasteiger partial charge < -0.3 is 10.2 Å². The van der Waals surface area contributed by atoms with E-state index in [-0.39, 0.29) is 30.1 Å². The van der Waals surface area contributed by atoms with Crippen LogP contribution in [0.1, 0.15) is 40.3 Å². The third kappa shape index (κ3) is 4.99. The third-order valence-electron chi connectivity index (χ3n) is 5.55. The van der Waals surface area contributed by atoms with E-state index in [1.54, 1.807) is 15.6 Å². The number of nitrogens with one attached hydrogen (secondary N) is 1. The third-order valence-corrected chi connectivity index (χ3v) is 5.55. The molecule has 0 aliphatic carbocycles. The number of amides is 2. The zero-order chi connectivity index (χ0) is 21.8. The Morgan fingerprint density at radius 1 is 1.19 bits per heavy atom. The standard InChI is InChI=1S/C22H27N7O2/c1-16-11-17(2)29(25-16)15-21(30)28-10-6-9-19(28)13-27-14-20(24-26-27)22(31)23-12-18-7-4-3-5-8-18/h3-5,7-8,11,14,19H,6,9-10,12-13,15H2,1-2H3,(H,23,31)/t19-/m0/s1. The molecule has 1 N–H and O–H groups in total. The molecule has 0 radical (unpaired) electrons. The number of nitrogens with zero attached hydrogens (tertiary/aromatic N) is 6. The number of carbonyl (C=O) groups excluding carboxylic acids is 2. The summed E-state index contributed by atoms with van der Waals surface area (Å²) >= 11 is 0. The number of carbonyl (C=O) groups is 2. The van der Waals surface area contributed by atoms with Crippen LogP contribution in [0, 0.1) is 13.8 Å². The lowest BCUT2D eigenvalue weighted by Gasteiger charge is -2.24. The fraction of sp³-hybridized carbons (Fsp3) is 0.409. The van der Waals surface area contributed by atoms with Gasteiger partial charge in [0.1, 0.15) is 6.54 Å². The molecule has 0 saturated carbocycles. The minimum absolute atomic E-state index is 0.0337. The number of aryl methyl sites for hydroxylation is 2. The van der Waals surface area contributed by atoms with E-state index in [2.05, 4.69) is 20.7 Å². The van der Waals surface area contributed by atoms with E-state index in [4.69, 9.17) is 0 Å². The quantitative estimate of drug-likeness (QED) is 0.626.